The van der Waals surface area contributed by atoms with Gasteiger partial charge in [-0.2, -0.15) is 0 Å². The van der Waals surface area contributed by atoms with Crippen molar-refractivity contribution < 1.29 is 9.90 Å². The van der Waals surface area contributed by atoms with Gasteiger partial charge in [0.15, 0.2) is 0 Å². The summed E-state index contributed by atoms with van der Waals surface area (Å²) in [7, 11) is 0. The highest BCUT2D eigenvalue weighted by molar-refractivity contribution is 5.73. The minimum absolute atomic E-state index is 0.300. The van der Waals surface area contributed by atoms with Crippen LogP contribution in [-0.4, -0.2) is 48.2 Å². The first-order chi connectivity index (χ1) is 8.19. The Hall–Kier alpha value is -0.610. The molecule has 0 aromatic heterocycles. The second-order valence-corrected chi connectivity index (χ2v) is 5.54. The fourth-order valence-corrected chi connectivity index (χ4v) is 3.28. The standard InChI is InChI=1S/C13H24N2O2/c1-2-15-5-3-4-10(9-15)6-11-7-12(13(16)17)14-8-11/h10-12,14H,2-9H2,1H3,(H,16,17). The molecule has 98 valence electrons. The molecule has 2 fully saturated rings. The van der Waals surface area contributed by atoms with E-state index in [1.54, 1.807) is 0 Å². The maximum atomic E-state index is 10.9. The lowest BCUT2D eigenvalue weighted by molar-refractivity contribution is -0.139. The Bertz CT molecular complexity index is 270. The molecule has 17 heavy (non-hydrogen) atoms. The SMILES string of the molecule is CCN1CCCC(CC2CNC(C(=O)O)C2)C1. The minimum atomic E-state index is -0.689. The van der Waals surface area contributed by atoms with Crippen LogP contribution < -0.4 is 5.32 Å². The predicted octanol–water partition coefficient (Wildman–Crippen LogP) is 1.17. The topological polar surface area (TPSA) is 52.6 Å². The van der Waals surface area contributed by atoms with Gasteiger partial charge in [-0.1, -0.05) is 6.92 Å². The highest BCUT2D eigenvalue weighted by Crippen LogP contribution is 2.27. The number of aliphatic carboxylic acids is 1. The normalized spacial score (nSPS) is 35.0. The third-order valence-corrected chi connectivity index (χ3v) is 4.24. The van der Waals surface area contributed by atoms with Gasteiger partial charge in [0.2, 0.25) is 0 Å². The second kappa shape index (κ2) is 5.83. The summed E-state index contributed by atoms with van der Waals surface area (Å²) in [5.41, 5.74) is 0. The van der Waals surface area contributed by atoms with Gasteiger partial charge in [-0.3, -0.25) is 4.79 Å². The molecule has 0 aromatic carbocycles. The number of carboxylic acid groups (broad SMARTS) is 1. The summed E-state index contributed by atoms with van der Waals surface area (Å²) in [5, 5.41) is 12.1. The van der Waals surface area contributed by atoms with E-state index >= 15 is 0 Å². The molecule has 2 saturated heterocycles. The van der Waals surface area contributed by atoms with Crippen molar-refractivity contribution in [3.05, 3.63) is 0 Å². The second-order valence-electron chi connectivity index (χ2n) is 5.54. The molecule has 4 nitrogen and oxygen atoms in total. The van der Waals surface area contributed by atoms with E-state index in [4.69, 9.17) is 5.11 Å². The first-order valence-corrected chi connectivity index (χ1v) is 6.87. The summed E-state index contributed by atoms with van der Waals surface area (Å²) in [6, 6.07) is -0.300. The summed E-state index contributed by atoms with van der Waals surface area (Å²) < 4.78 is 0. The van der Waals surface area contributed by atoms with E-state index in [0.29, 0.717) is 5.92 Å². The molecule has 2 aliphatic heterocycles. The van der Waals surface area contributed by atoms with Crippen LogP contribution in [0.25, 0.3) is 0 Å². The number of piperidine rings is 1. The lowest BCUT2D eigenvalue weighted by Crippen LogP contribution is -2.36. The maximum Gasteiger partial charge on any atom is 0.320 e. The van der Waals surface area contributed by atoms with Gasteiger partial charge in [-0.15, -0.1) is 0 Å². The molecule has 0 spiro atoms. The molecule has 2 rings (SSSR count). The van der Waals surface area contributed by atoms with Crippen molar-refractivity contribution in [3.8, 4) is 0 Å². The van der Waals surface area contributed by atoms with Gasteiger partial charge in [-0.05, 0) is 57.2 Å². The number of nitrogens with one attached hydrogen (secondary N) is 1. The minimum Gasteiger partial charge on any atom is -0.480 e. The monoisotopic (exact) mass is 240 g/mol. The fraction of sp³-hybridized carbons (Fsp3) is 0.923. The zero-order valence-corrected chi connectivity index (χ0v) is 10.7. The number of nitrogens with zero attached hydrogens (tertiary/aromatic N) is 1. The number of rotatable bonds is 4. The average Bonchev–Trinajstić information content (AvgIpc) is 2.78. The molecule has 2 N–H and O–H groups in total. The molecule has 3 atom stereocenters. The van der Waals surface area contributed by atoms with Crippen LogP contribution in [-0.2, 0) is 4.79 Å². The van der Waals surface area contributed by atoms with Crippen LogP contribution in [0.3, 0.4) is 0 Å². The van der Waals surface area contributed by atoms with Crippen LogP contribution >= 0.6 is 0 Å². The van der Waals surface area contributed by atoms with E-state index in [-0.39, 0.29) is 6.04 Å². The summed E-state index contributed by atoms with van der Waals surface area (Å²) in [5.74, 6) is 0.660. The van der Waals surface area contributed by atoms with E-state index in [2.05, 4.69) is 17.1 Å². The molecule has 0 radical (unpaired) electrons. The number of carbonyl (C=O) groups is 1. The van der Waals surface area contributed by atoms with Gasteiger partial charge in [0.05, 0.1) is 0 Å². The largest absolute Gasteiger partial charge is 0.480 e. The summed E-state index contributed by atoms with van der Waals surface area (Å²) in [6.45, 7) is 6.72. The summed E-state index contributed by atoms with van der Waals surface area (Å²) in [6.07, 6.45) is 4.65. The molecule has 0 aromatic rings. The van der Waals surface area contributed by atoms with E-state index < -0.39 is 5.97 Å². The van der Waals surface area contributed by atoms with Crippen LogP contribution in [0.4, 0.5) is 0 Å². The molecule has 0 bridgehead atoms. The first-order valence-electron chi connectivity index (χ1n) is 6.87. The maximum absolute atomic E-state index is 10.9. The molecule has 4 heteroatoms. The average molecular weight is 240 g/mol. The summed E-state index contributed by atoms with van der Waals surface area (Å²) >= 11 is 0. The first kappa shape index (κ1) is 12.8. The zero-order valence-electron chi connectivity index (χ0n) is 10.7. The van der Waals surface area contributed by atoms with Crippen molar-refractivity contribution in [2.24, 2.45) is 11.8 Å². The Kier molecular flexibility index (Phi) is 4.40. The molecule has 2 aliphatic rings. The third kappa shape index (κ3) is 3.42. The fourth-order valence-electron chi connectivity index (χ4n) is 3.28. The van der Waals surface area contributed by atoms with Crippen molar-refractivity contribution in [3.63, 3.8) is 0 Å². The van der Waals surface area contributed by atoms with Crippen molar-refractivity contribution in [2.75, 3.05) is 26.2 Å². The predicted molar refractivity (Wildman–Crippen MR) is 67.0 cm³/mol. The Labute approximate surface area is 103 Å². The molecule has 3 unspecified atom stereocenters. The van der Waals surface area contributed by atoms with Crippen molar-refractivity contribution >= 4 is 5.97 Å². The number of hydrogen-bond acceptors (Lipinski definition) is 3. The van der Waals surface area contributed by atoms with Crippen molar-refractivity contribution in [1.29, 1.82) is 0 Å². The van der Waals surface area contributed by atoms with Crippen LogP contribution in [0.15, 0.2) is 0 Å². The lowest BCUT2D eigenvalue weighted by Gasteiger charge is -2.33. The van der Waals surface area contributed by atoms with E-state index in [0.717, 1.165) is 25.4 Å². The van der Waals surface area contributed by atoms with E-state index in [1.807, 2.05) is 0 Å². The Balaban J connectivity index is 1.76. The molecule has 0 amide bonds. The van der Waals surface area contributed by atoms with Gasteiger partial charge >= 0.3 is 5.97 Å². The van der Waals surface area contributed by atoms with Crippen molar-refractivity contribution in [1.82, 2.24) is 10.2 Å². The van der Waals surface area contributed by atoms with Crippen LogP contribution in [0.5, 0.6) is 0 Å². The van der Waals surface area contributed by atoms with Crippen LogP contribution in [0.2, 0.25) is 0 Å². The third-order valence-electron chi connectivity index (χ3n) is 4.24. The zero-order chi connectivity index (χ0) is 12.3. The Morgan fingerprint density at radius 1 is 1.47 bits per heavy atom. The molecule has 2 heterocycles. The van der Waals surface area contributed by atoms with Gasteiger partial charge < -0.3 is 15.3 Å². The van der Waals surface area contributed by atoms with E-state index in [1.165, 1.54) is 32.4 Å². The highest BCUT2D eigenvalue weighted by Gasteiger charge is 2.31. The van der Waals surface area contributed by atoms with Gasteiger partial charge in [-0.25, -0.2) is 0 Å². The smallest absolute Gasteiger partial charge is 0.320 e. The summed E-state index contributed by atoms with van der Waals surface area (Å²) in [4.78, 5) is 13.4. The molecule has 0 saturated carbocycles. The Morgan fingerprint density at radius 2 is 2.29 bits per heavy atom. The number of hydrogen-bond donors (Lipinski definition) is 2. The quantitative estimate of drug-likeness (QED) is 0.774. The van der Waals surface area contributed by atoms with Gasteiger partial charge in [0.1, 0.15) is 6.04 Å². The number of carboxylic acids is 1. The number of likely N-dealkylation sites (tertiary alicyclic amines) is 1. The Morgan fingerprint density at radius 3 is 2.94 bits per heavy atom. The van der Waals surface area contributed by atoms with Crippen LogP contribution in [0.1, 0.15) is 32.6 Å². The molecular formula is C13H24N2O2. The molecular weight excluding hydrogens is 216 g/mol. The molecule has 0 aliphatic carbocycles. The lowest BCUT2D eigenvalue weighted by atomic mass is 9.87. The van der Waals surface area contributed by atoms with E-state index in [9.17, 15) is 4.79 Å². The van der Waals surface area contributed by atoms with Crippen LogP contribution in [0, 0.1) is 11.8 Å². The highest BCUT2D eigenvalue weighted by atomic mass is 16.4. The van der Waals surface area contributed by atoms with Gasteiger partial charge in [0, 0.05) is 6.54 Å². The van der Waals surface area contributed by atoms with Gasteiger partial charge in [0.25, 0.3) is 0 Å². The van der Waals surface area contributed by atoms with Crippen molar-refractivity contribution in [2.45, 2.75) is 38.6 Å².